The van der Waals surface area contributed by atoms with E-state index in [1.807, 2.05) is 29.8 Å². The van der Waals surface area contributed by atoms with Crippen LogP contribution in [0.15, 0.2) is 36.7 Å². The Kier molecular flexibility index (Phi) is 5.78. The molecule has 1 aliphatic carbocycles. The average Bonchev–Trinajstić information content (AvgIpc) is 3.47. The molecule has 0 bridgehead atoms. The van der Waals surface area contributed by atoms with Gasteiger partial charge in [-0.1, -0.05) is 31.0 Å². The van der Waals surface area contributed by atoms with Crippen molar-refractivity contribution in [3.63, 3.8) is 0 Å². The zero-order chi connectivity index (χ0) is 24.9. The number of pyridine rings is 1. The predicted octanol–water partition coefficient (Wildman–Crippen LogP) is 5.52. The lowest BCUT2D eigenvalue weighted by molar-refractivity contribution is -0.141. The molecule has 4 aromatic rings. The first-order valence-corrected chi connectivity index (χ1v) is 12.5. The number of nitrogens with zero attached hydrogens (tertiary/aromatic N) is 5. The summed E-state index contributed by atoms with van der Waals surface area (Å²) in [5.41, 5.74) is 2.41. The van der Waals surface area contributed by atoms with Crippen molar-refractivity contribution in [3.8, 4) is 11.3 Å². The van der Waals surface area contributed by atoms with Gasteiger partial charge in [0.15, 0.2) is 0 Å². The van der Waals surface area contributed by atoms with Gasteiger partial charge < -0.3 is 9.88 Å². The second-order valence-corrected chi connectivity index (χ2v) is 9.98. The lowest BCUT2D eigenvalue weighted by Gasteiger charge is -2.33. The third-order valence-electron chi connectivity index (χ3n) is 7.68. The van der Waals surface area contributed by atoms with Gasteiger partial charge in [0.05, 0.1) is 17.3 Å². The first kappa shape index (κ1) is 23.1. The number of alkyl halides is 3. The fourth-order valence-corrected chi connectivity index (χ4v) is 5.60. The number of nitrogens with one attached hydrogen (secondary N) is 2. The number of hydrogen-bond donors (Lipinski definition) is 2. The van der Waals surface area contributed by atoms with Gasteiger partial charge in [-0.25, -0.2) is 4.98 Å². The van der Waals surface area contributed by atoms with Crippen molar-refractivity contribution < 1.29 is 13.2 Å². The number of hydrogen-bond acceptors (Lipinski definition) is 5. The quantitative estimate of drug-likeness (QED) is 0.381. The summed E-state index contributed by atoms with van der Waals surface area (Å²) in [5, 5.41) is 19.8. The Morgan fingerprint density at radius 2 is 1.94 bits per heavy atom. The lowest BCUT2D eigenvalue weighted by atomic mass is 9.72. The van der Waals surface area contributed by atoms with Crippen LogP contribution < -0.4 is 5.32 Å². The Bertz CT molecular complexity index is 1380. The summed E-state index contributed by atoms with van der Waals surface area (Å²) < 4.78 is 43.6. The SMILES string of the molecule is Cn1cnnc1[C@@H](c1cccc(-c2n[nH]c3c([C@@H]4CCCCN4)nc(C(F)(F)F)cc23)c1)C1CCC1. The third-order valence-corrected chi connectivity index (χ3v) is 7.68. The van der Waals surface area contributed by atoms with E-state index >= 15 is 0 Å². The Morgan fingerprint density at radius 1 is 1.08 bits per heavy atom. The molecule has 4 heterocycles. The van der Waals surface area contributed by atoms with Gasteiger partial charge in [0.1, 0.15) is 23.5 Å². The average molecular weight is 496 g/mol. The summed E-state index contributed by atoms with van der Waals surface area (Å²) >= 11 is 0. The van der Waals surface area contributed by atoms with Gasteiger partial charge in [0.25, 0.3) is 0 Å². The van der Waals surface area contributed by atoms with Crippen molar-refractivity contribution in [1.29, 1.82) is 0 Å². The topological polar surface area (TPSA) is 84.3 Å². The second-order valence-electron chi connectivity index (χ2n) is 9.98. The van der Waals surface area contributed by atoms with Gasteiger partial charge >= 0.3 is 6.18 Å². The number of halogens is 3. The molecule has 0 radical (unpaired) electrons. The number of benzene rings is 1. The predicted molar refractivity (Wildman–Crippen MR) is 129 cm³/mol. The molecule has 1 aliphatic heterocycles. The highest BCUT2D eigenvalue weighted by Crippen LogP contribution is 2.44. The maximum atomic E-state index is 13.9. The number of fused-ring (bicyclic) bond motifs is 1. The molecule has 1 saturated carbocycles. The van der Waals surface area contributed by atoms with Crippen LogP contribution in [0.3, 0.4) is 0 Å². The summed E-state index contributed by atoms with van der Waals surface area (Å²) in [6.45, 7) is 0.762. The summed E-state index contributed by atoms with van der Waals surface area (Å²) in [6.07, 6.45) is 3.28. The Hall–Kier alpha value is -3.27. The molecule has 1 saturated heterocycles. The van der Waals surface area contributed by atoms with Crippen molar-refractivity contribution in [2.24, 2.45) is 13.0 Å². The summed E-state index contributed by atoms with van der Waals surface area (Å²) in [4.78, 5) is 4.06. The Balaban J connectivity index is 1.47. The molecule has 1 aromatic carbocycles. The van der Waals surface area contributed by atoms with Gasteiger partial charge in [-0.3, -0.25) is 5.10 Å². The van der Waals surface area contributed by atoms with E-state index in [4.69, 9.17) is 0 Å². The van der Waals surface area contributed by atoms with Crippen LogP contribution in [-0.4, -0.2) is 36.5 Å². The van der Waals surface area contributed by atoms with E-state index in [1.54, 1.807) is 6.33 Å². The molecule has 0 unspecified atom stereocenters. The van der Waals surface area contributed by atoms with Crippen LogP contribution in [0.25, 0.3) is 22.2 Å². The molecule has 2 fully saturated rings. The molecule has 0 spiro atoms. The molecule has 7 nitrogen and oxygen atoms in total. The zero-order valence-electron chi connectivity index (χ0n) is 20.0. The van der Waals surface area contributed by atoms with Crippen molar-refractivity contribution >= 4 is 10.9 Å². The minimum absolute atomic E-state index is 0.0748. The number of H-pyrrole nitrogens is 1. The summed E-state index contributed by atoms with van der Waals surface area (Å²) in [5.74, 6) is 1.44. The van der Waals surface area contributed by atoms with Crippen molar-refractivity contribution in [3.05, 3.63) is 59.4 Å². The van der Waals surface area contributed by atoms with E-state index in [0.717, 1.165) is 61.7 Å². The fraction of sp³-hybridized carbons (Fsp3) is 0.462. The van der Waals surface area contributed by atoms with Crippen LogP contribution in [-0.2, 0) is 13.2 Å². The Morgan fingerprint density at radius 3 is 2.61 bits per heavy atom. The molecule has 188 valence electrons. The van der Waals surface area contributed by atoms with Crippen LogP contribution in [0, 0.1) is 5.92 Å². The monoisotopic (exact) mass is 495 g/mol. The van der Waals surface area contributed by atoms with E-state index in [9.17, 15) is 13.2 Å². The second kappa shape index (κ2) is 8.99. The number of aromatic amines is 1. The highest BCUT2D eigenvalue weighted by atomic mass is 19.4. The third kappa shape index (κ3) is 4.07. The van der Waals surface area contributed by atoms with Gasteiger partial charge in [0, 0.05) is 23.9 Å². The molecule has 0 amide bonds. The first-order chi connectivity index (χ1) is 17.4. The van der Waals surface area contributed by atoms with Gasteiger partial charge in [-0.2, -0.15) is 18.3 Å². The summed E-state index contributed by atoms with van der Waals surface area (Å²) in [6, 6.07) is 8.85. The normalized spacial score (nSPS) is 19.9. The minimum Gasteiger partial charge on any atom is -0.320 e. The molecule has 2 N–H and O–H groups in total. The van der Waals surface area contributed by atoms with Crippen LogP contribution in [0.5, 0.6) is 0 Å². The highest BCUT2D eigenvalue weighted by molar-refractivity contribution is 5.94. The van der Waals surface area contributed by atoms with Crippen molar-refractivity contribution in [2.75, 3.05) is 6.54 Å². The molecule has 2 aliphatic rings. The van der Waals surface area contributed by atoms with Crippen molar-refractivity contribution in [2.45, 2.75) is 56.7 Å². The Labute approximate surface area is 206 Å². The smallest absolute Gasteiger partial charge is 0.320 e. The van der Waals surface area contributed by atoms with E-state index in [1.165, 1.54) is 6.42 Å². The summed E-state index contributed by atoms with van der Waals surface area (Å²) in [7, 11) is 1.94. The lowest BCUT2D eigenvalue weighted by Crippen LogP contribution is -2.28. The number of aryl methyl sites for hydroxylation is 1. The molecule has 6 rings (SSSR count). The highest BCUT2D eigenvalue weighted by Gasteiger charge is 2.36. The van der Waals surface area contributed by atoms with Gasteiger partial charge in [0.2, 0.25) is 0 Å². The van der Waals surface area contributed by atoms with E-state index in [-0.39, 0.29) is 12.0 Å². The van der Waals surface area contributed by atoms with Crippen LogP contribution >= 0.6 is 0 Å². The largest absolute Gasteiger partial charge is 0.433 e. The molecule has 2 atom stereocenters. The van der Waals surface area contributed by atoms with E-state index < -0.39 is 11.9 Å². The van der Waals surface area contributed by atoms with Crippen LogP contribution in [0.4, 0.5) is 13.2 Å². The van der Waals surface area contributed by atoms with E-state index in [0.29, 0.717) is 28.2 Å². The van der Waals surface area contributed by atoms with Crippen LogP contribution in [0.1, 0.15) is 73.3 Å². The van der Waals surface area contributed by atoms with Gasteiger partial charge in [-0.05, 0) is 55.8 Å². The molecule has 10 heteroatoms. The number of aromatic nitrogens is 6. The van der Waals surface area contributed by atoms with Crippen molar-refractivity contribution in [1.82, 2.24) is 35.3 Å². The molecular formula is C26H28F3N7. The maximum Gasteiger partial charge on any atom is 0.433 e. The number of piperidine rings is 1. The molecule has 3 aromatic heterocycles. The first-order valence-electron chi connectivity index (χ1n) is 12.5. The van der Waals surface area contributed by atoms with Crippen LogP contribution in [0.2, 0.25) is 0 Å². The fourth-order valence-electron chi connectivity index (χ4n) is 5.60. The maximum absolute atomic E-state index is 13.9. The van der Waals surface area contributed by atoms with E-state index in [2.05, 4.69) is 36.8 Å². The zero-order valence-corrected chi connectivity index (χ0v) is 20.0. The molecular weight excluding hydrogens is 467 g/mol. The minimum atomic E-state index is -4.55. The standard InChI is InChI=1S/C26H28F3N7/c1-36-14-31-35-25(36)21(15-6-4-7-15)16-8-5-9-17(12-16)22-18-13-20(26(27,28)29)32-24(23(18)34-33-22)19-10-2-3-11-30-19/h5,8-9,12-15,19,21,30H,2-4,6-7,10-11H2,1H3,(H,33,34)/t19-,21+/m0/s1. The molecule has 36 heavy (non-hydrogen) atoms. The number of rotatable bonds is 5. The van der Waals surface area contributed by atoms with Gasteiger partial charge in [-0.15, -0.1) is 10.2 Å².